The summed E-state index contributed by atoms with van der Waals surface area (Å²) in [5, 5.41) is 12.2. The molecule has 1 aliphatic heterocycles. The van der Waals surface area contributed by atoms with Gasteiger partial charge in [-0.3, -0.25) is 4.90 Å². The van der Waals surface area contributed by atoms with Crippen molar-refractivity contribution in [1.29, 1.82) is 0 Å². The van der Waals surface area contributed by atoms with E-state index in [2.05, 4.69) is 41.4 Å². The average Bonchev–Trinajstić information content (AvgIpc) is 2.72. The molecule has 0 saturated carbocycles. The number of aryl methyl sites for hydroxylation is 1. The van der Waals surface area contributed by atoms with E-state index in [1.807, 2.05) is 35.2 Å². The molecule has 0 unspecified atom stereocenters. The highest BCUT2D eigenvalue weighted by atomic mass is 16.3. The molecule has 1 atom stereocenters. The van der Waals surface area contributed by atoms with Gasteiger partial charge in [0.25, 0.3) is 0 Å². The highest BCUT2D eigenvalue weighted by Crippen LogP contribution is 2.25. The molecule has 3 rings (SSSR count). The topological polar surface area (TPSA) is 55.8 Å². The Morgan fingerprint density at radius 3 is 2.37 bits per heavy atom. The maximum absolute atomic E-state index is 12.9. The van der Waals surface area contributed by atoms with Gasteiger partial charge in [-0.25, -0.2) is 4.79 Å². The number of urea groups is 1. The Labute approximate surface area is 161 Å². The zero-order valence-electron chi connectivity index (χ0n) is 16.0. The van der Waals surface area contributed by atoms with Crippen molar-refractivity contribution in [2.45, 2.75) is 19.4 Å². The summed E-state index contributed by atoms with van der Waals surface area (Å²) < 4.78 is 0. The van der Waals surface area contributed by atoms with E-state index in [0.717, 1.165) is 37.2 Å². The minimum Gasteiger partial charge on any atom is -0.396 e. The number of piperazine rings is 1. The SMILES string of the molecule is Cc1ccccc1[C@H](NC(=O)N1CCN(CCCO)CC1)c1ccccc1. The highest BCUT2D eigenvalue weighted by molar-refractivity contribution is 5.75. The number of nitrogens with zero attached hydrogens (tertiary/aromatic N) is 2. The number of nitrogens with one attached hydrogen (secondary N) is 1. The molecule has 5 heteroatoms. The molecule has 2 amide bonds. The number of aliphatic hydroxyl groups is 1. The highest BCUT2D eigenvalue weighted by Gasteiger charge is 2.24. The third-order valence-corrected chi connectivity index (χ3v) is 5.19. The van der Waals surface area contributed by atoms with E-state index in [1.54, 1.807) is 0 Å². The van der Waals surface area contributed by atoms with Crippen LogP contribution in [-0.4, -0.2) is 60.3 Å². The van der Waals surface area contributed by atoms with Crippen LogP contribution < -0.4 is 5.32 Å². The van der Waals surface area contributed by atoms with Crippen LogP contribution in [0.5, 0.6) is 0 Å². The first-order chi connectivity index (χ1) is 13.2. The Balaban J connectivity index is 1.70. The monoisotopic (exact) mass is 367 g/mol. The van der Waals surface area contributed by atoms with Gasteiger partial charge in [0.05, 0.1) is 6.04 Å². The number of rotatable bonds is 6. The Morgan fingerprint density at radius 2 is 1.70 bits per heavy atom. The van der Waals surface area contributed by atoms with Gasteiger partial charge in [-0.2, -0.15) is 0 Å². The van der Waals surface area contributed by atoms with Crippen molar-refractivity contribution in [1.82, 2.24) is 15.1 Å². The fourth-order valence-electron chi connectivity index (χ4n) is 3.58. The molecule has 0 radical (unpaired) electrons. The molecule has 1 aliphatic rings. The van der Waals surface area contributed by atoms with Crippen molar-refractivity contribution in [3.05, 3.63) is 71.3 Å². The van der Waals surface area contributed by atoms with Gasteiger partial charge in [0.1, 0.15) is 0 Å². The van der Waals surface area contributed by atoms with Crippen molar-refractivity contribution in [2.75, 3.05) is 39.3 Å². The predicted octanol–water partition coefficient (Wildman–Crippen LogP) is 2.79. The van der Waals surface area contributed by atoms with Crippen LogP contribution in [0.25, 0.3) is 0 Å². The number of carbonyl (C=O) groups excluding carboxylic acids is 1. The van der Waals surface area contributed by atoms with Crippen LogP contribution in [-0.2, 0) is 0 Å². The van der Waals surface area contributed by atoms with Crippen molar-refractivity contribution in [3.63, 3.8) is 0 Å². The van der Waals surface area contributed by atoms with Crippen molar-refractivity contribution in [3.8, 4) is 0 Å². The minimum absolute atomic E-state index is 0.0195. The lowest BCUT2D eigenvalue weighted by atomic mass is 9.95. The quantitative estimate of drug-likeness (QED) is 0.825. The van der Waals surface area contributed by atoms with E-state index in [4.69, 9.17) is 5.11 Å². The first-order valence-electron chi connectivity index (χ1n) is 9.68. The van der Waals surface area contributed by atoms with Crippen molar-refractivity contribution in [2.24, 2.45) is 0 Å². The lowest BCUT2D eigenvalue weighted by Gasteiger charge is -2.35. The van der Waals surface area contributed by atoms with Crippen LogP contribution in [0, 0.1) is 6.92 Å². The normalized spacial score (nSPS) is 16.1. The van der Waals surface area contributed by atoms with Crippen molar-refractivity contribution < 1.29 is 9.90 Å². The maximum Gasteiger partial charge on any atom is 0.318 e. The van der Waals surface area contributed by atoms with Crippen LogP contribution in [0.4, 0.5) is 4.79 Å². The Kier molecular flexibility index (Phi) is 6.85. The number of benzene rings is 2. The van der Waals surface area contributed by atoms with E-state index in [1.165, 1.54) is 5.56 Å². The van der Waals surface area contributed by atoms with E-state index in [9.17, 15) is 4.79 Å². The number of carbonyl (C=O) groups is 1. The third-order valence-electron chi connectivity index (χ3n) is 5.19. The minimum atomic E-state index is -0.160. The molecule has 1 heterocycles. The molecule has 1 fully saturated rings. The van der Waals surface area contributed by atoms with Crippen LogP contribution in [0.15, 0.2) is 54.6 Å². The number of hydrogen-bond acceptors (Lipinski definition) is 3. The van der Waals surface area contributed by atoms with E-state index in [-0.39, 0.29) is 18.7 Å². The van der Waals surface area contributed by atoms with Gasteiger partial charge in [0.2, 0.25) is 0 Å². The molecule has 144 valence electrons. The second-order valence-corrected chi connectivity index (χ2v) is 7.06. The van der Waals surface area contributed by atoms with E-state index in [0.29, 0.717) is 13.1 Å². The van der Waals surface area contributed by atoms with Gasteiger partial charge in [-0.15, -0.1) is 0 Å². The molecule has 1 saturated heterocycles. The second-order valence-electron chi connectivity index (χ2n) is 7.06. The predicted molar refractivity (Wildman–Crippen MR) is 108 cm³/mol. The summed E-state index contributed by atoms with van der Waals surface area (Å²) in [5.41, 5.74) is 3.38. The third kappa shape index (κ3) is 5.08. The smallest absolute Gasteiger partial charge is 0.318 e. The summed E-state index contributed by atoms with van der Waals surface area (Å²) in [7, 11) is 0. The van der Waals surface area contributed by atoms with Gasteiger partial charge >= 0.3 is 6.03 Å². The molecular formula is C22H29N3O2. The Morgan fingerprint density at radius 1 is 1.04 bits per heavy atom. The lowest BCUT2D eigenvalue weighted by molar-refractivity contribution is 0.131. The molecule has 2 aromatic carbocycles. The maximum atomic E-state index is 12.9. The first kappa shape index (κ1) is 19.4. The summed E-state index contributed by atoms with van der Waals surface area (Å²) in [4.78, 5) is 17.1. The largest absolute Gasteiger partial charge is 0.396 e. The van der Waals surface area contributed by atoms with Gasteiger partial charge in [0, 0.05) is 39.3 Å². The lowest BCUT2D eigenvalue weighted by Crippen LogP contribution is -2.52. The van der Waals surface area contributed by atoms with Gasteiger partial charge in [0.15, 0.2) is 0 Å². The summed E-state index contributed by atoms with van der Waals surface area (Å²) >= 11 is 0. The molecule has 0 bridgehead atoms. The molecule has 27 heavy (non-hydrogen) atoms. The van der Waals surface area contributed by atoms with Gasteiger partial charge < -0.3 is 15.3 Å². The molecular weight excluding hydrogens is 338 g/mol. The molecule has 2 N–H and O–H groups in total. The molecule has 2 aromatic rings. The summed E-state index contributed by atoms with van der Waals surface area (Å²) in [6, 6.07) is 18.1. The van der Waals surface area contributed by atoms with Gasteiger partial charge in [-0.1, -0.05) is 54.6 Å². The van der Waals surface area contributed by atoms with Gasteiger partial charge in [-0.05, 0) is 30.0 Å². The molecule has 0 spiro atoms. The zero-order chi connectivity index (χ0) is 19.1. The standard InChI is InChI=1S/C22H29N3O2/c1-18-8-5-6-11-20(18)21(19-9-3-2-4-10-19)23-22(27)25-15-13-24(14-16-25)12-7-17-26/h2-6,8-11,21,26H,7,12-17H2,1H3,(H,23,27)/t21-/m1/s1. The summed E-state index contributed by atoms with van der Waals surface area (Å²) in [5.74, 6) is 0. The van der Waals surface area contributed by atoms with Crippen molar-refractivity contribution >= 4 is 6.03 Å². The number of aliphatic hydroxyl groups excluding tert-OH is 1. The molecule has 5 nitrogen and oxygen atoms in total. The zero-order valence-corrected chi connectivity index (χ0v) is 16.0. The van der Waals surface area contributed by atoms with E-state index >= 15 is 0 Å². The van der Waals surface area contributed by atoms with Crippen LogP contribution >= 0.6 is 0 Å². The fraction of sp³-hybridized carbons (Fsp3) is 0.409. The number of hydrogen-bond donors (Lipinski definition) is 2. The fourth-order valence-corrected chi connectivity index (χ4v) is 3.58. The second kappa shape index (κ2) is 9.53. The summed E-state index contributed by atoms with van der Waals surface area (Å²) in [6.45, 7) is 6.33. The molecule has 0 aliphatic carbocycles. The van der Waals surface area contributed by atoms with Crippen LogP contribution in [0.1, 0.15) is 29.2 Å². The van der Waals surface area contributed by atoms with E-state index < -0.39 is 0 Å². The molecule has 0 aromatic heterocycles. The van der Waals surface area contributed by atoms with Crippen LogP contribution in [0.3, 0.4) is 0 Å². The summed E-state index contributed by atoms with van der Waals surface area (Å²) in [6.07, 6.45) is 0.787. The average molecular weight is 367 g/mol. The van der Waals surface area contributed by atoms with Crippen LogP contribution in [0.2, 0.25) is 0 Å². The first-order valence-corrected chi connectivity index (χ1v) is 9.68. The Bertz CT molecular complexity index is 727. The number of amides is 2. The Hall–Kier alpha value is -2.37.